The Labute approximate surface area is 387 Å². The van der Waals surface area contributed by atoms with E-state index in [4.69, 9.17) is 0 Å². The van der Waals surface area contributed by atoms with Gasteiger partial charge in [-0.3, -0.25) is 0 Å². The predicted molar refractivity (Wildman–Crippen MR) is 280 cm³/mol. The van der Waals surface area contributed by atoms with E-state index in [-0.39, 0.29) is 0 Å². The van der Waals surface area contributed by atoms with Gasteiger partial charge >= 0.3 is 0 Å². The molecule has 0 spiro atoms. The summed E-state index contributed by atoms with van der Waals surface area (Å²) in [6.07, 6.45) is 0. The molecule has 0 radical (unpaired) electrons. The van der Waals surface area contributed by atoms with Gasteiger partial charge in [0.1, 0.15) is 0 Å². The third-order valence-electron chi connectivity index (χ3n) is 12.5. The first-order chi connectivity index (χ1) is 32.7. The zero-order chi connectivity index (χ0) is 44.1. The van der Waals surface area contributed by atoms with Gasteiger partial charge in [-0.1, -0.05) is 206 Å². The minimum atomic E-state index is 1.09. The predicted octanol–water partition coefficient (Wildman–Crippen LogP) is 18.1. The summed E-state index contributed by atoms with van der Waals surface area (Å²) < 4.78 is 0. The van der Waals surface area contributed by atoms with Crippen molar-refractivity contribution in [3.05, 3.63) is 279 Å². The molecule has 66 heavy (non-hydrogen) atoms. The summed E-state index contributed by atoms with van der Waals surface area (Å²) in [7, 11) is 0. The molecular weight excluding hydrogens is 797 g/mol. The first-order valence-corrected chi connectivity index (χ1v) is 22.6. The summed E-state index contributed by atoms with van der Waals surface area (Å²) >= 11 is 0. The van der Waals surface area contributed by atoms with Crippen molar-refractivity contribution in [2.75, 3.05) is 9.80 Å². The second kappa shape index (κ2) is 18.2. The largest absolute Gasteiger partial charge is 0.311 e. The first kappa shape index (κ1) is 40.1. The summed E-state index contributed by atoms with van der Waals surface area (Å²) in [5.41, 5.74) is 18.5. The molecule has 0 bridgehead atoms. The molecule has 11 aromatic carbocycles. The third kappa shape index (κ3) is 8.28. The second-order valence-electron chi connectivity index (χ2n) is 16.6. The lowest BCUT2D eigenvalue weighted by molar-refractivity contribution is 1.28. The maximum absolute atomic E-state index is 2.37. The molecule has 0 amide bonds. The van der Waals surface area contributed by atoms with Gasteiger partial charge in [-0.2, -0.15) is 0 Å². The Morgan fingerprint density at radius 2 is 0.455 bits per heavy atom. The summed E-state index contributed by atoms with van der Waals surface area (Å²) in [6.45, 7) is 0. The van der Waals surface area contributed by atoms with Crippen LogP contribution in [-0.4, -0.2) is 0 Å². The number of anilines is 6. The van der Waals surface area contributed by atoms with Crippen molar-refractivity contribution in [3.63, 3.8) is 0 Å². The van der Waals surface area contributed by atoms with Gasteiger partial charge in [0.2, 0.25) is 0 Å². The Morgan fingerprint density at radius 1 is 0.182 bits per heavy atom. The Balaban J connectivity index is 0.916. The molecule has 0 saturated carbocycles. The third-order valence-corrected chi connectivity index (χ3v) is 12.5. The molecule has 0 N–H and O–H groups in total. The number of hydrogen-bond donors (Lipinski definition) is 0. The van der Waals surface area contributed by atoms with Gasteiger partial charge in [-0.05, 0) is 134 Å². The summed E-state index contributed by atoms with van der Waals surface area (Å²) in [5, 5.41) is 2.42. The SMILES string of the molecule is c1ccc(-c2ccc(N(c3ccc(-c4ccc(N(c5ccc(-c6ccccc6)cc5)c5cccc6ccccc56)cc4)cc3)c3ccc(-c4cccc(-c5ccccc5)c4)cc3)cc2)cc1. The highest BCUT2D eigenvalue weighted by atomic mass is 15.1. The molecule has 0 aliphatic rings. The molecule has 0 unspecified atom stereocenters. The highest BCUT2D eigenvalue weighted by Gasteiger charge is 2.17. The Hall–Kier alpha value is -8.72. The van der Waals surface area contributed by atoms with E-state index in [0.29, 0.717) is 0 Å². The van der Waals surface area contributed by atoms with E-state index in [9.17, 15) is 0 Å². The minimum Gasteiger partial charge on any atom is -0.311 e. The Kier molecular flexibility index (Phi) is 11.0. The highest BCUT2D eigenvalue weighted by Crippen LogP contribution is 2.42. The van der Waals surface area contributed by atoms with Crippen LogP contribution in [0.2, 0.25) is 0 Å². The van der Waals surface area contributed by atoms with Crippen LogP contribution in [-0.2, 0) is 0 Å². The van der Waals surface area contributed by atoms with E-state index >= 15 is 0 Å². The summed E-state index contributed by atoms with van der Waals surface area (Å²) in [4.78, 5) is 4.72. The van der Waals surface area contributed by atoms with Crippen LogP contribution in [0.1, 0.15) is 0 Å². The lowest BCUT2D eigenvalue weighted by Crippen LogP contribution is -2.10. The Morgan fingerprint density at radius 3 is 0.864 bits per heavy atom. The summed E-state index contributed by atoms with van der Waals surface area (Å²) in [6, 6.07) is 100. The molecular formula is C64H46N2. The molecule has 0 aromatic heterocycles. The van der Waals surface area contributed by atoms with Gasteiger partial charge < -0.3 is 9.80 Å². The van der Waals surface area contributed by atoms with Crippen molar-refractivity contribution < 1.29 is 0 Å². The van der Waals surface area contributed by atoms with Crippen LogP contribution >= 0.6 is 0 Å². The van der Waals surface area contributed by atoms with E-state index < -0.39 is 0 Å². The van der Waals surface area contributed by atoms with Gasteiger partial charge in [-0.25, -0.2) is 0 Å². The van der Waals surface area contributed by atoms with Crippen LogP contribution in [0.5, 0.6) is 0 Å². The molecule has 0 heterocycles. The fraction of sp³-hybridized carbons (Fsp3) is 0. The second-order valence-corrected chi connectivity index (χ2v) is 16.6. The van der Waals surface area contributed by atoms with Crippen LogP contribution < -0.4 is 9.80 Å². The van der Waals surface area contributed by atoms with Crippen LogP contribution in [0.4, 0.5) is 34.1 Å². The number of fused-ring (bicyclic) bond motifs is 1. The van der Waals surface area contributed by atoms with Gasteiger partial charge in [0, 0.05) is 33.8 Å². The zero-order valence-corrected chi connectivity index (χ0v) is 36.5. The van der Waals surface area contributed by atoms with E-state index in [0.717, 1.165) is 45.3 Å². The van der Waals surface area contributed by atoms with E-state index in [1.807, 2.05) is 0 Å². The smallest absolute Gasteiger partial charge is 0.0540 e. The number of benzene rings is 11. The minimum absolute atomic E-state index is 1.09. The van der Waals surface area contributed by atoms with Crippen LogP contribution in [0.25, 0.3) is 66.4 Å². The van der Waals surface area contributed by atoms with E-state index in [1.165, 1.54) is 55.3 Å². The van der Waals surface area contributed by atoms with Crippen molar-refractivity contribution in [2.24, 2.45) is 0 Å². The Bertz CT molecular complexity index is 3340. The van der Waals surface area contributed by atoms with Gasteiger partial charge in [0.15, 0.2) is 0 Å². The molecule has 0 aliphatic heterocycles. The maximum atomic E-state index is 2.37. The normalized spacial score (nSPS) is 11.0. The number of hydrogen-bond acceptors (Lipinski definition) is 2. The molecule has 11 aromatic rings. The van der Waals surface area contributed by atoms with Crippen molar-refractivity contribution >= 4 is 44.9 Å². The standard InChI is InChI=1S/C64H46N2/c1-4-14-47(15-5-1)50-26-36-58(37-27-50)65(60-40-34-54(35-41-60)57-23-12-22-56(46-57)49-18-8-3-9-19-49)59-38-28-52(29-39-59)53-32-44-62(45-33-53)66(64-25-13-21-55-20-10-11-24-63(55)64)61-42-30-51(31-43-61)48-16-6-2-7-17-48/h1-46H. The quantitative estimate of drug-likeness (QED) is 0.128. The highest BCUT2D eigenvalue weighted by molar-refractivity contribution is 5.99. The molecule has 2 heteroatoms. The van der Waals surface area contributed by atoms with Crippen molar-refractivity contribution in [1.29, 1.82) is 0 Å². The number of nitrogens with zero attached hydrogens (tertiary/aromatic N) is 2. The zero-order valence-electron chi connectivity index (χ0n) is 36.5. The van der Waals surface area contributed by atoms with Crippen LogP contribution in [0.15, 0.2) is 279 Å². The fourth-order valence-corrected chi connectivity index (χ4v) is 9.06. The first-order valence-electron chi connectivity index (χ1n) is 22.6. The van der Waals surface area contributed by atoms with Crippen molar-refractivity contribution in [1.82, 2.24) is 0 Å². The molecule has 0 atom stereocenters. The van der Waals surface area contributed by atoms with E-state index in [2.05, 4.69) is 289 Å². The molecule has 11 rings (SSSR count). The van der Waals surface area contributed by atoms with Crippen molar-refractivity contribution in [3.8, 4) is 55.6 Å². The van der Waals surface area contributed by atoms with Crippen LogP contribution in [0, 0.1) is 0 Å². The molecule has 0 saturated heterocycles. The average molecular weight is 843 g/mol. The topological polar surface area (TPSA) is 6.48 Å². The molecule has 2 nitrogen and oxygen atoms in total. The number of rotatable bonds is 11. The van der Waals surface area contributed by atoms with Gasteiger partial charge in [0.25, 0.3) is 0 Å². The van der Waals surface area contributed by atoms with Crippen LogP contribution in [0.3, 0.4) is 0 Å². The van der Waals surface area contributed by atoms with Crippen molar-refractivity contribution in [2.45, 2.75) is 0 Å². The van der Waals surface area contributed by atoms with E-state index in [1.54, 1.807) is 0 Å². The lowest BCUT2D eigenvalue weighted by Gasteiger charge is -2.27. The molecule has 312 valence electrons. The average Bonchev–Trinajstić information content (AvgIpc) is 3.41. The monoisotopic (exact) mass is 842 g/mol. The molecule has 0 fully saturated rings. The maximum Gasteiger partial charge on any atom is 0.0540 e. The van der Waals surface area contributed by atoms with Gasteiger partial charge in [-0.15, -0.1) is 0 Å². The molecule has 0 aliphatic carbocycles. The fourth-order valence-electron chi connectivity index (χ4n) is 9.06. The lowest BCUT2D eigenvalue weighted by atomic mass is 9.98. The van der Waals surface area contributed by atoms with Gasteiger partial charge in [0.05, 0.1) is 5.69 Å². The summed E-state index contributed by atoms with van der Waals surface area (Å²) in [5.74, 6) is 0.